The highest BCUT2D eigenvalue weighted by Crippen LogP contribution is 2.27. The number of rotatable bonds is 5. The van der Waals surface area contributed by atoms with Crippen molar-refractivity contribution in [1.29, 1.82) is 0 Å². The molecule has 2 N–H and O–H groups in total. The average molecular weight is 421 g/mol. The molecule has 1 aliphatic rings. The van der Waals surface area contributed by atoms with Gasteiger partial charge in [-0.3, -0.25) is 9.78 Å². The van der Waals surface area contributed by atoms with E-state index >= 15 is 0 Å². The summed E-state index contributed by atoms with van der Waals surface area (Å²) in [6.07, 6.45) is 2.71. The summed E-state index contributed by atoms with van der Waals surface area (Å²) in [7, 11) is 0. The normalized spacial score (nSPS) is 14.3. The summed E-state index contributed by atoms with van der Waals surface area (Å²) in [5, 5.41) is 9.66. The maximum absolute atomic E-state index is 12.8. The van der Waals surface area contributed by atoms with Crippen LogP contribution in [-0.4, -0.2) is 55.1 Å². The van der Waals surface area contributed by atoms with Gasteiger partial charge in [-0.25, -0.2) is 0 Å². The zero-order valence-electron chi connectivity index (χ0n) is 15.7. The number of nitrogens with one attached hydrogen (secondary N) is 2. The lowest BCUT2D eigenvalue weighted by atomic mass is 10.0. The Hall–Kier alpha value is -1.92. The van der Waals surface area contributed by atoms with Crippen molar-refractivity contribution in [3.05, 3.63) is 54.2 Å². The van der Waals surface area contributed by atoms with Crippen LogP contribution < -0.4 is 10.6 Å². The number of pyridine rings is 1. The second-order valence-electron chi connectivity index (χ2n) is 6.75. The monoisotopic (exact) mass is 420 g/mol. The summed E-state index contributed by atoms with van der Waals surface area (Å²) in [5.41, 5.74) is 1.42. The number of hydrogen-bond acceptors (Lipinski definition) is 4. The number of fused-ring (bicyclic) bond motifs is 3. The summed E-state index contributed by atoms with van der Waals surface area (Å²) in [6.45, 7) is 6.01. The minimum Gasteiger partial charge on any atom is -0.352 e. The number of carbonyl (C=O) groups is 1. The first-order valence-corrected chi connectivity index (χ1v) is 9.31. The van der Waals surface area contributed by atoms with Crippen LogP contribution in [0, 0.1) is 0 Å². The van der Waals surface area contributed by atoms with Gasteiger partial charge in [0, 0.05) is 44.3 Å². The molecule has 5 nitrogen and oxygen atoms in total. The average Bonchev–Trinajstić information content (AvgIpc) is 2.71. The van der Waals surface area contributed by atoms with Crippen LogP contribution in [0.3, 0.4) is 0 Å². The molecule has 0 atom stereocenters. The third-order valence-electron chi connectivity index (χ3n) is 5.00. The number of piperazine rings is 1. The van der Waals surface area contributed by atoms with Crippen molar-refractivity contribution in [2.45, 2.75) is 6.42 Å². The van der Waals surface area contributed by atoms with Gasteiger partial charge in [-0.05, 0) is 35.9 Å². The minimum atomic E-state index is -0.0419. The standard InChI is InChI=1S/C21H24N4O.2ClH/c26-21(24-9-4-12-25-13-10-22-11-14-25)19-15-16-5-1-2-6-17(16)18-7-3-8-23-20(18)19;;/h1-3,5-8,15,22H,4,9-14H2,(H,24,26);2*1H. The predicted molar refractivity (Wildman–Crippen MR) is 120 cm³/mol. The first-order valence-electron chi connectivity index (χ1n) is 9.31. The summed E-state index contributed by atoms with van der Waals surface area (Å²) < 4.78 is 0. The topological polar surface area (TPSA) is 57.3 Å². The van der Waals surface area contributed by atoms with E-state index in [1.807, 2.05) is 36.4 Å². The first kappa shape index (κ1) is 22.4. The first-order chi connectivity index (χ1) is 12.8. The highest BCUT2D eigenvalue weighted by Gasteiger charge is 2.14. The molecule has 7 heteroatoms. The van der Waals surface area contributed by atoms with Gasteiger partial charge in [0.05, 0.1) is 11.1 Å². The number of benzene rings is 2. The molecule has 0 bridgehead atoms. The van der Waals surface area contributed by atoms with E-state index in [9.17, 15) is 4.79 Å². The lowest BCUT2D eigenvalue weighted by Crippen LogP contribution is -2.44. The van der Waals surface area contributed by atoms with Crippen LogP contribution in [0.15, 0.2) is 48.7 Å². The molecule has 0 radical (unpaired) electrons. The molecule has 1 aromatic heterocycles. The Morgan fingerprint density at radius 2 is 1.82 bits per heavy atom. The zero-order chi connectivity index (χ0) is 17.8. The van der Waals surface area contributed by atoms with E-state index in [4.69, 9.17) is 0 Å². The second kappa shape index (κ2) is 10.6. The van der Waals surface area contributed by atoms with Crippen molar-refractivity contribution in [2.24, 2.45) is 0 Å². The largest absolute Gasteiger partial charge is 0.352 e. The summed E-state index contributed by atoms with van der Waals surface area (Å²) >= 11 is 0. The smallest absolute Gasteiger partial charge is 0.253 e. The molecule has 1 amide bonds. The van der Waals surface area contributed by atoms with Crippen molar-refractivity contribution >= 4 is 52.4 Å². The molecular weight excluding hydrogens is 395 g/mol. The van der Waals surface area contributed by atoms with Crippen molar-refractivity contribution in [1.82, 2.24) is 20.5 Å². The van der Waals surface area contributed by atoms with Gasteiger partial charge in [0.2, 0.25) is 0 Å². The molecule has 4 rings (SSSR count). The summed E-state index contributed by atoms with van der Waals surface area (Å²) in [4.78, 5) is 19.7. The molecule has 1 saturated heterocycles. The molecule has 1 fully saturated rings. The molecular formula is C21H26Cl2N4O. The van der Waals surface area contributed by atoms with Crippen LogP contribution in [0.25, 0.3) is 21.7 Å². The predicted octanol–water partition coefficient (Wildman–Crippen LogP) is 3.26. The highest BCUT2D eigenvalue weighted by molar-refractivity contribution is 6.15. The third kappa shape index (κ3) is 4.92. The highest BCUT2D eigenvalue weighted by atomic mass is 35.5. The number of nitrogens with zero attached hydrogens (tertiary/aromatic N) is 2. The molecule has 0 saturated carbocycles. The van der Waals surface area contributed by atoms with Crippen LogP contribution in [0.1, 0.15) is 16.8 Å². The molecule has 2 aromatic carbocycles. The Kier molecular flexibility index (Phi) is 8.45. The quantitative estimate of drug-likeness (QED) is 0.491. The summed E-state index contributed by atoms with van der Waals surface area (Å²) in [5.74, 6) is -0.0419. The van der Waals surface area contributed by atoms with Gasteiger partial charge in [0.15, 0.2) is 0 Å². The number of halogens is 2. The SMILES string of the molecule is Cl.Cl.O=C(NCCCN1CCNCC1)c1cc2ccccc2c2cccnc12. The van der Waals surface area contributed by atoms with Crippen molar-refractivity contribution in [3.63, 3.8) is 0 Å². The lowest BCUT2D eigenvalue weighted by molar-refractivity contribution is 0.0953. The Balaban J connectivity index is 0.00000140. The van der Waals surface area contributed by atoms with E-state index in [1.54, 1.807) is 6.20 Å². The van der Waals surface area contributed by atoms with Crippen LogP contribution in [0.4, 0.5) is 0 Å². The van der Waals surface area contributed by atoms with Crippen molar-refractivity contribution in [3.8, 4) is 0 Å². The molecule has 0 spiro atoms. The van der Waals surface area contributed by atoms with E-state index in [2.05, 4.69) is 26.6 Å². The van der Waals surface area contributed by atoms with Gasteiger partial charge in [-0.15, -0.1) is 24.8 Å². The molecule has 1 aliphatic heterocycles. The molecule has 0 unspecified atom stereocenters. The van der Waals surface area contributed by atoms with Crippen LogP contribution in [0.2, 0.25) is 0 Å². The third-order valence-corrected chi connectivity index (χ3v) is 5.00. The van der Waals surface area contributed by atoms with E-state index in [-0.39, 0.29) is 30.7 Å². The summed E-state index contributed by atoms with van der Waals surface area (Å²) in [6, 6.07) is 14.0. The van der Waals surface area contributed by atoms with Crippen molar-refractivity contribution < 1.29 is 4.79 Å². The van der Waals surface area contributed by atoms with E-state index in [1.165, 1.54) is 0 Å². The lowest BCUT2D eigenvalue weighted by Gasteiger charge is -2.27. The van der Waals surface area contributed by atoms with Crippen molar-refractivity contribution in [2.75, 3.05) is 39.3 Å². The van der Waals surface area contributed by atoms with E-state index in [0.717, 1.165) is 60.8 Å². The fraction of sp³-hybridized carbons (Fsp3) is 0.333. The Morgan fingerprint density at radius 3 is 2.64 bits per heavy atom. The number of hydrogen-bond donors (Lipinski definition) is 2. The fourth-order valence-corrected chi connectivity index (χ4v) is 3.64. The fourth-order valence-electron chi connectivity index (χ4n) is 3.64. The molecule has 0 aliphatic carbocycles. The number of aromatic nitrogens is 1. The van der Waals surface area contributed by atoms with Gasteiger partial charge < -0.3 is 15.5 Å². The molecule has 150 valence electrons. The molecule has 2 heterocycles. The maximum Gasteiger partial charge on any atom is 0.253 e. The number of amides is 1. The van der Waals surface area contributed by atoms with Crippen LogP contribution in [-0.2, 0) is 0 Å². The molecule has 28 heavy (non-hydrogen) atoms. The Labute approximate surface area is 177 Å². The zero-order valence-corrected chi connectivity index (χ0v) is 17.3. The van der Waals surface area contributed by atoms with Crippen LogP contribution in [0.5, 0.6) is 0 Å². The van der Waals surface area contributed by atoms with Gasteiger partial charge in [0.25, 0.3) is 5.91 Å². The van der Waals surface area contributed by atoms with E-state index in [0.29, 0.717) is 12.1 Å². The van der Waals surface area contributed by atoms with Crippen LogP contribution >= 0.6 is 24.8 Å². The second-order valence-corrected chi connectivity index (χ2v) is 6.75. The minimum absolute atomic E-state index is 0. The van der Waals surface area contributed by atoms with Gasteiger partial charge in [0.1, 0.15) is 0 Å². The van der Waals surface area contributed by atoms with Gasteiger partial charge >= 0.3 is 0 Å². The molecule has 3 aromatic rings. The van der Waals surface area contributed by atoms with E-state index < -0.39 is 0 Å². The Bertz CT molecular complexity index is 929. The number of carbonyl (C=O) groups excluding carboxylic acids is 1. The van der Waals surface area contributed by atoms with Gasteiger partial charge in [-0.1, -0.05) is 30.3 Å². The maximum atomic E-state index is 12.8. The Morgan fingerprint density at radius 1 is 1.07 bits per heavy atom. The van der Waals surface area contributed by atoms with Gasteiger partial charge in [-0.2, -0.15) is 0 Å².